The molecule has 2 fully saturated rings. The van der Waals surface area contributed by atoms with Crippen LogP contribution in [0.3, 0.4) is 0 Å². The maximum atomic E-state index is 13.2. The summed E-state index contributed by atoms with van der Waals surface area (Å²) in [6.07, 6.45) is 0.876. The highest BCUT2D eigenvalue weighted by atomic mass is 16.6. The van der Waals surface area contributed by atoms with Crippen molar-refractivity contribution in [3.05, 3.63) is 35.9 Å². The maximum absolute atomic E-state index is 13.2. The number of hydrogen-bond acceptors (Lipinski definition) is 4. The lowest BCUT2D eigenvalue weighted by molar-refractivity contribution is -0.140. The van der Waals surface area contributed by atoms with Gasteiger partial charge in [0.1, 0.15) is 5.60 Å². The van der Waals surface area contributed by atoms with Crippen molar-refractivity contribution in [1.82, 2.24) is 15.3 Å². The number of piperidine rings is 1. The maximum Gasteiger partial charge on any atom is 0.429 e. The summed E-state index contributed by atoms with van der Waals surface area (Å²) in [5.74, 6) is -0.0283. The van der Waals surface area contributed by atoms with E-state index in [2.05, 4.69) is 5.32 Å². The Hall–Kier alpha value is -2.08. The number of hydrazine groups is 1. The summed E-state index contributed by atoms with van der Waals surface area (Å²) < 4.78 is 5.56. The topological polar surface area (TPSA) is 61.9 Å². The second-order valence-corrected chi connectivity index (χ2v) is 7.95. The Morgan fingerprint density at radius 3 is 2.64 bits per heavy atom. The molecule has 0 bridgehead atoms. The van der Waals surface area contributed by atoms with Gasteiger partial charge in [0.25, 0.3) is 5.91 Å². The van der Waals surface area contributed by atoms with Crippen molar-refractivity contribution in [2.45, 2.75) is 45.3 Å². The first kappa shape index (κ1) is 17.7. The average Bonchev–Trinajstić information content (AvgIpc) is 2.76. The molecule has 2 amide bonds. The average molecular weight is 345 g/mol. The van der Waals surface area contributed by atoms with E-state index in [1.54, 1.807) is 7.05 Å². The fraction of sp³-hybridized carbons (Fsp3) is 0.579. The molecule has 0 spiro atoms. The molecule has 6 heteroatoms. The molecule has 1 aromatic carbocycles. The number of nitrogens with one attached hydrogen (secondary N) is 1. The SMILES string of the molecule is CN1C(=O)C2(Cc3ccccc3)CNCCC2N1C(=O)OC(C)(C)C. The van der Waals surface area contributed by atoms with Crippen LogP contribution in [0.2, 0.25) is 0 Å². The van der Waals surface area contributed by atoms with Crippen molar-refractivity contribution in [3.63, 3.8) is 0 Å². The minimum absolute atomic E-state index is 0.0283. The first-order chi connectivity index (χ1) is 11.7. The highest BCUT2D eigenvalue weighted by molar-refractivity contribution is 5.89. The van der Waals surface area contributed by atoms with Gasteiger partial charge in [-0.1, -0.05) is 30.3 Å². The number of nitrogens with zero attached hydrogens (tertiary/aromatic N) is 2. The van der Waals surface area contributed by atoms with E-state index in [1.165, 1.54) is 10.0 Å². The molecule has 2 aliphatic rings. The van der Waals surface area contributed by atoms with E-state index in [9.17, 15) is 9.59 Å². The minimum Gasteiger partial charge on any atom is -0.442 e. The monoisotopic (exact) mass is 345 g/mol. The van der Waals surface area contributed by atoms with Gasteiger partial charge in [-0.3, -0.25) is 9.80 Å². The standard InChI is InChI=1S/C19H27N3O3/c1-18(2,3)25-17(24)22-15-10-11-20-13-19(15,16(23)21(22)4)12-14-8-6-5-7-9-14/h5-9,15,20H,10-13H2,1-4H3. The van der Waals surface area contributed by atoms with Crippen molar-refractivity contribution in [2.75, 3.05) is 20.1 Å². The van der Waals surface area contributed by atoms with Crippen molar-refractivity contribution in [3.8, 4) is 0 Å². The van der Waals surface area contributed by atoms with Crippen LogP contribution in [-0.2, 0) is 16.0 Å². The number of amides is 2. The van der Waals surface area contributed by atoms with Gasteiger partial charge in [0.05, 0.1) is 11.5 Å². The van der Waals surface area contributed by atoms with Crippen LogP contribution >= 0.6 is 0 Å². The summed E-state index contributed by atoms with van der Waals surface area (Å²) in [6.45, 7) is 6.85. The summed E-state index contributed by atoms with van der Waals surface area (Å²) in [5.41, 5.74) is -0.145. The van der Waals surface area contributed by atoms with Crippen molar-refractivity contribution in [1.29, 1.82) is 0 Å². The molecular formula is C19H27N3O3. The lowest BCUT2D eigenvalue weighted by atomic mass is 9.72. The van der Waals surface area contributed by atoms with Gasteiger partial charge in [0.15, 0.2) is 0 Å². The van der Waals surface area contributed by atoms with Gasteiger partial charge < -0.3 is 10.1 Å². The first-order valence-corrected chi connectivity index (χ1v) is 8.79. The molecule has 136 valence electrons. The molecule has 25 heavy (non-hydrogen) atoms. The lowest BCUT2D eigenvalue weighted by Crippen LogP contribution is -2.56. The van der Waals surface area contributed by atoms with Crippen LogP contribution in [0, 0.1) is 5.41 Å². The number of carbonyl (C=O) groups excluding carboxylic acids is 2. The van der Waals surface area contributed by atoms with E-state index in [4.69, 9.17) is 4.74 Å². The molecule has 2 saturated heterocycles. The van der Waals surface area contributed by atoms with Crippen LogP contribution in [0.15, 0.2) is 30.3 Å². The van der Waals surface area contributed by atoms with E-state index in [-0.39, 0.29) is 11.9 Å². The number of benzene rings is 1. The van der Waals surface area contributed by atoms with Gasteiger partial charge in [-0.15, -0.1) is 0 Å². The first-order valence-electron chi connectivity index (χ1n) is 8.79. The molecule has 6 nitrogen and oxygen atoms in total. The molecule has 3 rings (SSSR count). The predicted molar refractivity (Wildman–Crippen MR) is 94.7 cm³/mol. The van der Waals surface area contributed by atoms with Crippen LogP contribution in [0.4, 0.5) is 4.79 Å². The summed E-state index contributed by atoms with van der Waals surface area (Å²) in [5, 5.41) is 6.33. The molecule has 2 unspecified atom stereocenters. The van der Waals surface area contributed by atoms with Gasteiger partial charge in [-0.05, 0) is 45.7 Å². The zero-order chi connectivity index (χ0) is 18.2. The second kappa shape index (κ2) is 6.33. The summed E-state index contributed by atoms with van der Waals surface area (Å²) in [4.78, 5) is 25.9. The van der Waals surface area contributed by atoms with E-state index in [0.29, 0.717) is 13.0 Å². The highest BCUT2D eigenvalue weighted by Gasteiger charge is 2.60. The Bertz CT molecular complexity index is 656. The van der Waals surface area contributed by atoms with Crippen LogP contribution in [0.1, 0.15) is 32.8 Å². The Labute approximate surface area is 149 Å². The Morgan fingerprint density at radius 1 is 1.32 bits per heavy atom. The zero-order valence-corrected chi connectivity index (χ0v) is 15.4. The number of hydrogen-bond donors (Lipinski definition) is 1. The van der Waals surface area contributed by atoms with E-state index in [1.807, 2.05) is 51.1 Å². The third-order valence-electron chi connectivity index (χ3n) is 4.95. The second-order valence-electron chi connectivity index (χ2n) is 7.95. The molecular weight excluding hydrogens is 318 g/mol. The molecule has 2 heterocycles. The number of carbonyl (C=O) groups is 2. The molecule has 0 saturated carbocycles. The van der Waals surface area contributed by atoms with Gasteiger partial charge in [0, 0.05) is 13.6 Å². The van der Waals surface area contributed by atoms with E-state index >= 15 is 0 Å². The largest absolute Gasteiger partial charge is 0.442 e. The number of ether oxygens (including phenoxy) is 1. The van der Waals surface area contributed by atoms with Gasteiger partial charge in [-0.25, -0.2) is 9.80 Å². The van der Waals surface area contributed by atoms with E-state index in [0.717, 1.165) is 18.5 Å². The van der Waals surface area contributed by atoms with Gasteiger partial charge >= 0.3 is 6.09 Å². The van der Waals surface area contributed by atoms with Crippen molar-refractivity contribution >= 4 is 12.0 Å². The fourth-order valence-electron chi connectivity index (χ4n) is 3.92. The summed E-state index contributed by atoms with van der Waals surface area (Å²) in [6, 6.07) is 9.79. The number of fused-ring (bicyclic) bond motifs is 1. The quantitative estimate of drug-likeness (QED) is 0.893. The normalized spacial score (nSPS) is 26.6. The lowest BCUT2D eigenvalue weighted by Gasteiger charge is -2.39. The van der Waals surface area contributed by atoms with Crippen molar-refractivity contribution in [2.24, 2.45) is 5.41 Å². The Balaban J connectivity index is 1.93. The van der Waals surface area contributed by atoms with E-state index < -0.39 is 17.1 Å². The molecule has 0 aliphatic carbocycles. The third-order valence-corrected chi connectivity index (χ3v) is 4.95. The molecule has 2 aliphatic heterocycles. The fourth-order valence-corrected chi connectivity index (χ4v) is 3.92. The Kier molecular flexibility index (Phi) is 4.49. The molecule has 0 aromatic heterocycles. The number of rotatable bonds is 2. The van der Waals surface area contributed by atoms with Crippen molar-refractivity contribution < 1.29 is 14.3 Å². The Morgan fingerprint density at radius 2 is 2.00 bits per heavy atom. The van der Waals surface area contributed by atoms with Crippen LogP contribution in [-0.4, -0.2) is 53.8 Å². The van der Waals surface area contributed by atoms with Gasteiger partial charge in [-0.2, -0.15) is 0 Å². The molecule has 1 N–H and O–H groups in total. The summed E-state index contributed by atoms with van der Waals surface area (Å²) in [7, 11) is 1.66. The highest BCUT2D eigenvalue weighted by Crippen LogP contribution is 2.42. The predicted octanol–water partition coefficient (Wildman–Crippen LogP) is 2.20. The minimum atomic E-state index is -0.648. The molecule has 0 radical (unpaired) electrons. The van der Waals surface area contributed by atoms with Crippen LogP contribution in [0.25, 0.3) is 0 Å². The third kappa shape index (κ3) is 3.23. The van der Waals surface area contributed by atoms with Gasteiger partial charge in [0.2, 0.25) is 0 Å². The summed E-state index contributed by atoms with van der Waals surface area (Å²) >= 11 is 0. The zero-order valence-electron chi connectivity index (χ0n) is 15.4. The van der Waals surface area contributed by atoms with Crippen LogP contribution in [0.5, 0.6) is 0 Å². The molecule has 2 atom stereocenters. The van der Waals surface area contributed by atoms with Crippen LogP contribution < -0.4 is 5.32 Å². The molecule has 1 aromatic rings. The smallest absolute Gasteiger partial charge is 0.429 e.